The molecule has 0 aromatic heterocycles. The Bertz CT molecular complexity index is 1030. The first kappa shape index (κ1) is 23.8. The zero-order valence-electron chi connectivity index (χ0n) is 20.3. The van der Waals surface area contributed by atoms with Crippen LogP contribution in [0.4, 0.5) is 0 Å². The number of nitrogens with zero attached hydrogens (tertiary/aromatic N) is 1. The van der Waals surface area contributed by atoms with Crippen LogP contribution in [0.5, 0.6) is 11.5 Å². The summed E-state index contributed by atoms with van der Waals surface area (Å²) in [5.74, 6) is 1.34. The van der Waals surface area contributed by atoms with Crippen LogP contribution in [0.1, 0.15) is 87.4 Å². The van der Waals surface area contributed by atoms with Crippen LogP contribution in [0, 0.1) is 18.3 Å². The fourth-order valence-corrected chi connectivity index (χ4v) is 4.95. The van der Waals surface area contributed by atoms with Crippen LogP contribution in [0.2, 0.25) is 0 Å². The van der Waals surface area contributed by atoms with E-state index in [9.17, 15) is 10.1 Å². The van der Waals surface area contributed by atoms with E-state index in [0.29, 0.717) is 22.6 Å². The van der Waals surface area contributed by atoms with E-state index in [-0.39, 0.29) is 28.9 Å². The molecule has 5 nitrogen and oxygen atoms in total. The van der Waals surface area contributed by atoms with Gasteiger partial charge in [-0.1, -0.05) is 26.0 Å². The Morgan fingerprint density at radius 3 is 2.34 bits per heavy atom. The zero-order chi connectivity index (χ0) is 23.7. The third-order valence-corrected chi connectivity index (χ3v) is 5.97. The van der Waals surface area contributed by atoms with Crippen molar-refractivity contribution in [1.29, 1.82) is 5.26 Å². The van der Waals surface area contributed by atoms with E-state index < -0.39 is 0 Å². The Morgan fingerprint density at radius 1 is 1.12 bits per heavy atom. The number of rotatable bonds is 5. The van der Waals surface area contributed by atoms with Crippen molar-refractivity contribution >= 4 is 5.91 Å². The molecule has 2 aromatic rings. The summed E-state index contributed by atoms with van der Waals surface area (Å²) >= 11 is 0. The number of hydrogen-bond acceptors (Lipinski definition) is 4. The van der Waals surface area contributed by atoms with Gasteiger partial charge in [-0.05, 0) is 88.8 Å². The molecule has 0 radical (unpaired) electrons. The standard InChI is InChI=1S/C27H35N3O2/c1-17(2)21-9-8-10-24(22(21)16-28)32-23-12-11-19(13-18(23)3)25(31)29-20-14-26(4,5)30-27(6,7)15-20/h8-13,17,20,30H,14-15H2,1-7H3,(H,29,31). The quantitative estimate of drug-likeness (QED) is 0.623. The Hall–Kier alpha value is -2.84. The first-order chi connectivity index (χ1) is 14.9. The molecule has 170 valence electrons. The number of hydrogen-bond donors (Lipinski definition) is 2. The van der Waals surface area contributed by atoms with Gasteiger partial charge in [0.2, 0.25) is 0 Å². The second-order valence-corrected chi connectivity index (χ2v) is 10.5. The largest absolute Gasteiger partial charge is 0.456 e. The number of nitriles is 1. The van der Waals surface area contributed by atoms with E-state index in [1.807, 2.05) is 37.3 Å². The van der Waals surface area contributed by atoms with E-state index >= 15 is 0 Å². The molecule has 1 saturated heterocycles. The molecule has 0 spiro atoms. The molecule has 0 atom stereocenters. The molecule has 5 heteroatoms. The van der Waals surface area contributed by atoms with Crippen LogP contribution in [0.15, 0.2) is 36.4 Å². The number of ether oxygens (including phenoxy) is 1. The van der Waals surface area contributed by atoms with Crippen molar-refractivity contribution in [3.63, 3.8) is 0 Å². The lowest BCUT2D eigenvalue weighted by molar-refractivity contribution is 0.0873. The van der Waals surface area contributed by atoms with Crippen molar-refractivity contribution in [2.75, 3.05) is 0 Å². The van der Waals surface area contributed by atoms with Crippen LogP contribution in [0.25, 0.3) is 0 Å². The van der Waals surface area contributed by atoms with Crippen LogP contribution < -0.4 is 15.4 Å². The van der Waals surface area contributed by atoms with Gasteiger partial charge in [0.25, 0.3) is 5.91 Å². The lowest BCUT2D eigenvalue weighted by Crippen LogP contribution is -2.62. The van der Waals surface area contributed by atoms with E-state index in [2.05, 4.69) is 58.2 Å². The summed E-state index contributed by atoms with van der Waals surface area (Å²) in [5.41, 5.74) is 2.92. The minimum atomic E-state index is -0.0716. The highest BCUT2D eigenvalue weighted by Gasteiger charge is 2.38. The van der Waals surface area contributed by atoms with Gasteiger partial charge in [0.15, 0.2) is 0 Å². The minimum Gasteiger partial charge on any atom is -0.456 e. The Balaban J connectivity index is 1.77. The molecule has 1 aliphatic rings. The highest BCUT2D eigenvalue weighted by Crippen LogP contribution is 2.33. The molecule has 32 heavy (non-hydrogen) atoms. The van der Waals surface area contributed by atoms with Crippen LogP contribution in [-0.4, -0.2) is 23.0 Å². The molecule has 2 N–H and O–H groups in total. The molecule has 0 saturated carbocycles. The number of carbonyl (C=O) groups is 1. The lowest BCUT2D eigenvalue weighted by Gasteiger charge is -2.46. The zero-order valence-corrected chi connectivity index (χ0v) is 20.3. The summed E-state index contributed by atoms with van der Waals surface area (Å²) in [5, 5.41) is 16.5. The van der Waals surface area contributed by atoms with Crippen LogP contribution in [-0.2, 0) is 0 Å². The highest BCUT2D eigenvalue weighted by atomic mass is 16.5. The fourth-order valence-electron chi connectivity index (χ4n) is 4.95. The molecule has 0 aliphatic carbocycles. The van der Waals surface area contributed by atoms with Gasteiger partial charge in [0, 0.05) is 22.7 Å². The Labute approximate surface area is 192 Å². The number of aryl methyl sites for hydroxylation is 1. The summed E-state index contributed by atoms with van der Waals surface area (Å²) < 4.78 is 6.10. The van der Waals surface area contributed by atoms with Crippen molar-refractivity contribution in [3.8, 4) is 17.6 Å². The van der Waals surface area contributed by atoms with Crippen molar-refractivity contribution in [2.45, 2.75) is 84.3 Å². The molecule has 1 amide bonds. The van der Waals surface area contributed by atoms with E-state index in [1.54, 1.807) is 6.07 Å². The predicted octanol–water partition coefficient (Wildman–Crippen LogP) is 5.82. The van der Waals surface area contributed by atoms with Gasteiger partial charge < -0.3 is 15.4 Å². The smallest absolute Gasteiger partial charge is 0.251 e. The molecule has 0 unspecified atom stereocenters. The van der Waals surface area contributed by atoms with Gasteiger partial charge in [-0.2, -0.15) is 5.26 Å². The first-order valence-corrected chi connectivity index (χ1v) is 11.3. The number of amides is 1. The molecule has 0 bridgehead atoms. The monoisotopic (exact) mass is 433 g/mol. The average Bonchev–Trinajstić information content (AvgIpc) is 2.66. The lowest BCUT2D eigenvalue weighted by atomic mass is 9.79. The molecular weight excluding hydrogens is 398 g/mol. The third-order valence-electron chi connectivity index (χ3n) is 5.97. The third kappa shape index (κ3) is 5.49. The number of piperidine rings is 1. The molecule has 1 heterocycles. The summed E-state index contributed by atoms with van der Waals surface area (Å²) in [6, 6.07) is 13.5. The number of benzene rings is 2. The summed E-state index contributed by atoms with van der Waals surface area (Å²) in [6.45, 7) is 14.7. The fraction of sp³-hybridized carbons (Fsp3) is 0.481. The molecular formula is C27H35N3O2. The van der Waals surface area contributed by atoms with Crippen molar-refractivity contribution < 1.29 is 9.53 Å². The number of carbonyl (C=O) groups excluding carboxylic acids is 1. The maximum absolute atomic E-state index is 13.0. The summed E-state index contributed by atoms with van der Waals surface area (Å²) in [7, 11) is 0. The van der Waals surface area contributed by atoms with Gasteiger partial charge in [0.1, 0.15) is 17.6 Å². The average molecular weight is 434 g/mol. The molecule has 1 fully saturated rings. The minimum absolute atomic E-state index is 0.0315. The summed E-state index contributed by atoms with van der Waals surface area (Å²) in [4.78, 5) is 13.0. The topological polar surface area (TPSA) is 74.2 Å². The predicted molar refractivity (Wildman–Crippen MR) is 128 cm³/mol. The highest BCUT2D eigenvalue weighted by molar-refractivity contribution is 5.94. The van der Waals surface area contributed by atoms with Gasteiger partial charge in [-0.15, -0.1) is 0 Å². The van der Waals surface area contributed by atoms with Gasteiger partial charge in [0.05, 0.1) is 5.56 Å². The van der Waals surface area contributed by atoms with E-state index in [0.717, 1.165) is 24.0 Å². The van der Waals surface area contributed by atoms with Gasteiger partial charge in [-0.3, -0.25) is 4.79 Å². The maximum atomic E-state index is 13.0. The van der Waals surface area contributed by atoms with Crippen molar-refractivity contribution in [1.82, 2.24) is 10.6 Å². The molecule has 3 rings (SSSR count). The van der Waals surface area contributed by atoms with Gasteiger partial charge in [-0.25, -0.2) is 0 Å². The first-order valence-electron chi connectivity index (χ1n) is 11.3. The Kier molecular flexibility index (Phi) is 6.67. The van der Waals surface area contributed by atoms with E-state index in [1.165, 1.54) is 0 Å². The second kappa shape index (κ2) is 8.96. The van der Waals surface area contributed by atoms with Gasteiger partial charge >= 0.3 is 0 Å². The van der Waals surface area contributed by atoms with Crippen LogP contribution in [0.3, 0.4) is 0 Å². The van der Waals surface area contributed by atoms with E-state index in [4.69, 9.17) is 4.74 Å². The van der Waals surface area contributed by atoms with Crippen molar-refractivity contribution in [2.24, 2.45) is 0 Å². The second-order valence-electron chi connectivity index (χ2n) is 10.5. The molecule has 2 aromatic carbocycles. The number of nitrogens with one attached hydrogen (secondary N) is 2. The van der Waals surface area contributed by atoms with Crippen LogP contribution >= 0.6 is 0 Å². The summed E-state index contributed by atoms with van der Waals surface area (Å²) in [6.07, 6.45) is 1.76. The maximum Gasteiger partial charge on any atom is 0.251 e. The van der Waals surface area contributed by atoms with Crippen molar-refractivity contribution in [3.05, 3.63) is 58.7 Å². The SMILES string of the molecule is Cc1cc(C(=O)NC2CC(C)(C)NC(C)(C)C2)ccc1Oc1cccc(C(C)C)c1C#N. The normalized spacial score (nSPS) is 17.6. The Morgan fingerprint density at radius 2 is 1.78 bits per heavy atom. The molecule has 1 aliphatic heterocycles.